The molecule has 0 radical (unpaired) electrons. The number of methoxy groups -OCH3 is 2. The van der Waals surface area contributed by atoms with Crippen LogP contribution in [0.1, 0.15) is 34.7 Å². The molecule has 7 nitrogen and oxygen atoms in total. The Kier molecular flexibility index (Phi) is 7.54. The fourth-order valence-electron chi connectivity index (χ4n) is 5.64. The van der Waals surface area contributed by atoms with Crippen LogP contribution in [0, 0.1) is 13.8 Å². The molecule has 2 atom stereocenters. The van der Waals surface area contributed by atoms with Crippen molar-refractivity contribution in [2.45, 2.75) is 25.9 Å². The monoisotopic (exact) mass is 576 g/mol. The first-order chi connectivity index (χ1) is 20.5. The largest absolute Gasteiger partial charge is 0.497 e. The number of rotatable bonds is 8. The van der Waals surface area contributed by atoms with E-state index in [1.54, 1.807) is 14.2 Å². The molecule has 0 amide bonds. The number of benzene rings is 3. The van der Waals surface area contributed by atoms with Crippen LogP contribution >= 0.6 is 12.2 Å². The van der Waals surface area contributed by atoms with E-state index in [4.69, 9.17) is 31.4 Å². The minimum atomic E-state index is -0.145. The molecule has 3 aromatic carbocycles. The van der Waals surface area contributed by atoms with Gasteiger partial charge in [0.25, 0.3) is 0 Å². The Balaban J connectivity index is 1.39. The molecule has 1 fully saturated rings. The molecule has 212 valence electrons. The molecule has 0 unspecified atom stereocenters. The lowest BCUT2D eigenvalue weighted by Gasteiger charge is -2.28. The number of nitrogens with zero attached hydrogens (tertiary/aromatic N) is 3. The molecule has 1 aliphatic rings. The lowest BCUT2D eigenvalue weighted by molar-refractivity contribution is 0.413. The maximum absolute atomic E-state index is 6.08. The fraction of sp³-hybridized carbons (Fsp3) is 0.176. The highest BCUT2D eigenvalue weighted by Gasteiger charge is 2.42. The minimum Gasteiger partial charge on any atom is -0.497 e. The maximum Gasteiger partial charge on any atom is 0.174 e. The fourth-order valence-corrected chi connectivity index (χ4v) is 5.98. The molecular formula is C34H32N4O3S. The third kappa shape index (κ3) is 5.17. The van der Waals surface area contributed by atoms with Crippen molar-refractivity contribution in [1.82, 2.24) is 14.9 Å². The van der Waals surface area contributed by atoms with E-state index >= 15 is 0 Å². The molecule has 5 aromatic rings. The van der Waals surface area contributed by atoms with Crippen LogP contribution in [0.3, 0.4) is 0 Å². The van der Waals surface area contributed by atoms with Gasteiger partial charge in [-0.15, -0.1) is 0 Å². The number of nitrogens with one attached hydrogen (secondary N) is 1. The van der Waals surface area contributed by atoms with E-state index in [1.165, 1.54) is 0 Å². The van der Waals surface area contributed by atoms with Gasteiger partial charge >= 0.3 is 0 Å². The van der Waals surface area contributed by atoms with Crippen molar-refractivity contribution in [1.29, 1.82) is 0 Å². The topological polar surface area (TPSA) is 60.8 Å². The van der Waals surface area contributed by atoms with Crippen LogP contribution in [-0.2, 0) is 0 Å². The van der Waals surface area contributed by atoms with Gasteiger partial charge in [-0.25, -0.2) is 0 Å². The van der Waals surface area contributed by atoms with Crippen LogP contribution in [0.4, 0.5) is 5.69 Å². The predicted octanol–water partition coefficient (Wildman–Crippen LogP) is 7.48. The van der Waals surface area contributed by atoms with Gasteiger partial charge in [0.05, 0.1) is 32.0 Å². The van der Waals surface area contributed by atoms with E-state index in [2.05, 4.69) is 46.8 Å². The Hall–Kier alpha value is -4.82. The molecular weight excluding hydrogens is 544 g/mol. The van der Waals surface area contributed by atoms with Crippen LogP contribution < -0.4 is 24.4 Å². The Morgan fingerprint density at radius 2 is 1.43 bits per heavy atom. The molecule has 0 aliphatic carbocycles. The number of aryl methyl sites for hydroxylation is 1. The Morgan fingerprint density at radius 3 is 2.10 bits per heavy atom. The molecule has 2 aromatic heterocycles. The highest BCUT2D eigenvalue weighted by molar-refractivity contribution is 7.80. The summed E-state index contributed by atoms with van der Waals surface area (Å²) in [5, 5.41) is 4.21. The van der Waals surface area contributed by atoms with E-state index in [0.717, 1.165) is 57.0 Å². The molecule has 8 heteroatoms. The zero-order chi connectivity index (χ0) is 29.2. The van der Waals surface area contributed by atoms with E-state index < -0.39 is 0 Å². The number of hydrogen-bond donors (Lipinski definition) is 1. The van der Waals surface area contributed by atoms with Crippen LogP contribution in [0.2, 0.25) is 0 Å². The van der Waals surface area contributed by atoms with Crippen molar-refractivity contribution in [3.63, 3.8) is 0 Å². The standard InChI is InChI=1S/C34H32N4O3S/c1-22-20-30(23(2)37(22)25-8-7-9-29(21-25)40-4)33-32(31-10-5-6-19-35-31)36-34(42)38(33)24-11-13-27(14-12-24)41-28-17-15-26(39-3)16-18-28/h5-21,32-33H,1-4H3,(H,36,42)/t32-,33+/m0/s1. The molecule has 6 rings (SSSR count). The van der Waals surface area contributed by atoms with Gasteiger partial charge in [-0.05, 0) is 110 Å². The SMILES string of the molecule is COc1ccc(Oc2ccc(N3C(=S)N[C@@H](c4ccccn4)[C@H]3c3cc(C)n(-c4cccc(OC)c4)c3C)cc2)cc1. The summed E-state index contributed by atoms with van der Waals surface area (Å²) in [7, 11) is 3.34. The highest BCUT2D eigenvalue weighted by atomic mass is 32.1. The number of pyridine rings is 1. The van der Waals surface area contributed by atoms with Gasteiger partial charge in [-0.1, -0.05) is 12.1 Å². The molecule has 0 saturated carbocycles. The predicted molar refractivity (Wildman–Crippen MR) is 169 cm³/mol. The molecule has 0 bridgehead atoms. The van der Waals surface area contributed by atoms with Crippen LogP contribution in [0.15, 0.2) is 103 Å². The van der Waals surface area contributed by atoms with Gasteiger partial charge in [0.15, 0.2) is 5.11 Å². The summed E-state index contributed by atoms with van der Waals surface area (Å²) < 4.78 is 19.1. The normalized spacial score (nSPS) is 16.3. The second-order valence-corrected chi connectivity index (χ2v) is 10.5. The second-order valence-electron chi connectivity index (χ2n) is 10.1. The number of hydrogen-bond acceptors (Lipinski definition) is 5. The number of ether oxygens (including phenoxy) is 3. The summed E-state index contributed by atoms with van der Waals surface area (Å²) in [6, 6.07) is 31.6. The van der Waals surface area contributed by atoms with Gasteiger partial charge in [-0.2, -0.15) is 0 Å². The molecule has 1 aliphatic heterocycles. The maximum atomic E-state index is 6.08. The third-order valence-corrected chi connectivity index (χ3v) is 7.92. The van der Waals surface area contributed by atoms with Crippen LogP contribution in [0.5, 0.6) is 23.0 Å². The summed E-state index contributed by atoms with van der Waals surface area (Å²) >= 11 is 5.97. The first-order valence-electron chi connectivity index (χ1n) is 13.7. The number of thiocarbonyl (C=S) groups is 1. The lowest BCUT2D eigenvalue weighted by Crippen LogP contribution is -2.29. The average Bonchev–Trinajstić information content (AvgIpc) is 3.52. The van der Waals surface area contributed by atoms with E-state index in [1.807, 2.05) is 85.1 Å². The molecule has 1 saturated heterocycles. The average molecular weight is 577 g/mol. The van der Waals surface area contributed by atoms with Crippen molar-refractivity contribution in [3.8, 4) is 28.7 Å². The van der Waals surface area contributed by atoms with Crippen LogP contribution in [-0.4, -0.2) is 28.9 Å². The Bertz CT molecular complexity index is 1700. The van der Waals surface area contributed by atoms with Gasteiger partial charge in [-0.3, -0.25) is 4.98 Å². The molecule has 3 heterocycles. The summed E-state index contributed by atoms with van der Waals surface area (Å²) in [4.78, 5) is 6.90. The summed E-state index contributed by atoms with van der Waals surface area (Å²) in [5.74, 6) is 3.07. The van der Waals surface area contributed by atoms with Gasteiger partial charge < -0.3 is 29.0 Å². The lowest BCUT2D eigenvalue weighted by atomic mass is 9.96. The zero-order valence-electron chi connectivity index (χ0n) is 23.9. The smallest absolute Gasteiger partial charge is 0.174 e. The first-order valence-corrected chi connectivity index (χ1v) is 14.1. The third-order valence-electron chi connectivity index (χ3n) is 7.61. The first kappa shape index (κ1) is 27.4. The number of aromatic nitrogens is 2. The van der Waals surface area contributed by atoms with Crippen molar-refractivity contribution in [2.75, 3.05) is 19.1 Å². The van der Waals surface area contributed by atoms with E-state index in [-0.39, 0.29) is 12.1 Å². The van der Waals surface area contributed by atoms with Gasteiger partial charge in [0, 0.05) is 35.0 Å². The van der Waals surface area contributed by atoms with Gasteiger partial charge in [0.1, 0.15) is 23.0 Å². The summed E-state index contributed by atoms with van der Waals surface area (Å²) in [6.45, 7) is 4.28. The van der Waals surface area contributed by atoms with Crippen molar-refractivity contribution < 1.29 is 14.2 Å². The quantitative estimate of drug-likeness (QED) is 0.192. The molecule has 42 heavy (non-hydrogen) atoms. The van der Waals surface area contributed by atoms with E-state index in [0.29, 0.717) is 5.11 Å². The van der Waals surface area contributed by atoms with Crippen molar-refractivity contribution in [3.05, 3.63) is 126 Å². The molecule has 0 spiro atoms. The van der Waals surface area contributed by atoms with Crippen LogP contribution in [0.25, 0.3) is 5.69 Å². The zero-order valence-corrected chi connectivity index (χ0v) is 24.8. The Morgan fingerprint density at radius 1 is 0.738 bits per heavy atom. The van der Waals surface area contributed by atoms with Crippen molar-refractivity contribution in [2.24, 2.45) is 0 Å². The minimum absolute atomic E-state index is 0.133. The van der Waals surface area contributed by atoms with E-state index in [9.17, 15) is 0 Å². The van der Waals surface area contributed by atoms with Gasteiger partial charge in [0.2, 0.25) is 0 Å². The second kappa shape index (κ2) is 11.6. The number of anilines is 1. The van der Waals surface area contributed by atoms with Crippen molar-refractivity contribution >= 4 is 23.0 Å². The Labute approximate surface area is 251 Å². The summed E-state index contributed by atoms with van der Waals surface area (Å²) in [6.07, 6.45) is 1.82. The highest BCUT2D eigenvalue weighted by Crippen LogP contribution is 2.44. The molecule has 1 N–H and O–H groups in total. The summed E-state index contributed by atoms with van der Waals surface area (Å²) in [5.41, 5.74) is 6.35.